The summed E-state index contributed by atoms with van der Waals surface area (Å²) in [7, 11) is 0. The second-order valence-corrected chi connectivity index (χ2v) is 2.32. The first-order valence-electron chi connectivity index (χ1n) is 6.14. The van der Waals surface area contributed by atoms with Gasteiger partial charge >= 0.3 is 0 Å². The van der Waals surface area contributed by atoms with Crippen LogP contribution in [-0.2, 0) is 0 Å². The molecule has 0 saturated carbocycles. The van der Waals surface area contributed by atoms with Gasteiger partial charge in [0.2, 0.25) is 5.88 Å². The lowest BCUT2D eigenvalue weighted by atomic mass is 10.5. The lowest BCUT2D eigenvalue weighted by Gasteiger charge is -2.00. The second kappa shape index (κ2) is 4.28. The molecule has 0 aliphatic carbocycles. The Morgan fingerprint density at radius 3 is 3.27 bits per heavy atom. The van der Waals surface area contributed by atoms with Crippen LogP contribution < -0.4 is 4.74 Å². The van der Waals surface area contributed by atoms with E-state index >= 15 is 0 Å². The fourth-order valence-corrected chi connectivity index (χ4v) is 0.636. The number of nitrogens with zero attached hydrogens (tertiary/aromatic N) is 2. The Hall–Kier alpha value is -0.640. The number of hydrogen-bond donors (Lipinski definition) is 0. The van der Waals surface area contributed by atoms with Gasteiger partial charge in [0, 0.05) is 6.85 Å². The molecule has 4 heteroatoms. The maximum atomic E-state index is 7.41. The predicted octanol–water partition coefficient (Wildman–Crippen LogP) is 2.03. The van der Waals surface area contributed by atoms with E-state index in [9.17, 15) is 0 Å². The highest BCUT2D eigenvalue weighted by atomic mass is 79.9. The Balaban J connectivity index is 2.97. The number of halogens is 1. The van der Waals surface area contributed by atoms with Crippen LogP contribution in [0.4, 0.5) is 0 Å². The topological polar surface area (TPSA) is 35.0 Å². The summed E-state index contributed by atoms with van der Waals surface area (Å²) in [5.74, 6) is -0.309. The molecule has 0 saturated heterocycles. The van der Waals surface area contributed by atoms with E-state index < -0.39 is 19.8 Å². The van der Waals surface area contributed by atoms with Crippen LogP contribution in [0.5, 0.6) is 5.88 Å². The number of hydrogen-bond acceptors (Lipinski definition) is 3. The zero-order valence-electron chi connectivity index (χ0n) is 12.3. The van der Waals surface area contributed by atoms with E-state index in [1.165, 1.54) is 6.20 Å². The molecule has 1 heterocycles. The zero-order chi connectivity index (χ0) is 14.2. The molecule has 11 heavy (non-hydrogen) atoms. The molecule has 0 radical (unpaired) electrons. The summed E-state index contributed by atoms with van der Waals surface area (Å²) < 4.78 is 55.4. The summed E-state index contributed by atoms with van der Waals surface area (Å²) in [5, 5.41) is 0. The molecule has 0 atom stereocenters. The normalized spacial score (nSPS) is 22.8. The van der Waals surface area contributed by atoms with Crippen LogP contribution in [0.25, 0.3) is 0 Å². The van der Waals surface area contributed by atoms with Gasteiger partial charge in [-0.15, -0.1) is 0 Å². The summed E-state index contributed by atoms with van der Waals surface area (Å²) in [4.78, 5) is 7.34. The summed E-state index contributed by atoms with van der Waals surface area (Å²) >= 11 is 3.01. The SMILES string of the molecule is [2H]C([2H])([2H])C([2H])([2H])C([2H])([2H])Oc1cnc(Br)cn1. The average Bonchev–Trinajstić information content (AvgIpc) is 2.19. The lowest BCUT2D eigenvalue weighted by Crippen LogP contribution is -1.97. The third-order valence-corrected chi connectivity index (χ3v) is 1.21. The van der Waals surface area contributed by atoms with Crippen molar-refractivity contribution in [3.05, 3.63) is 17.0 Å². The molecule has 0 aliphatic rings. The molecule has 1 aromatic rings. The standard InChI is InChI=1S/C7H9BrN2O/c1-2-3-11-7-5-9-6(8)4-10-7/h4-5H,2-3H2,1H3/i1D3,2D2,3D2. The molecular formula is C7H9BrN2O. The highest BCUT2D eigenvalue weighted by molar-refractivity contribution is 9.10. The molecule has 60 valence electrons. The predicted molar refractivity (Wildman–Crippen MR) is 45.5 cm³/mol. The Morgan fingerprint density at radius 1 is 1.73 bits per heavy atom. The molecular weight excluding hydrogens is 208 g/mol. The maximum absolute atomic E-state index is 7.41. The molecule has 1 aromatic heterocycles. The highest BCUT2D eigenvalue weighted by Crippen LogP contribution is 2.07. The Bertz CT molecular complexity index is 419. The Morgan fingerprint density at radius 2 is 2.64 bits per heavy atom. The van der Waals surface area contributed by atoms with E-state index in [0.29, 0.717) is 4.60 Å². The van der Waals surface area contributed by atoms with Gasteiger partial charge in [0.1, 0.15) is 4.60 Å². The molecule has 0 amide bonds. The van der Waals surface area contributed by atoms with Crippen molar-refractivity contribution in [2.75, 3.05) is 6.56 Å². The van der Waals surface area contributed by atoms with E-state index in [1.807, 2.05) is 0 Å². The zero-order valence-corrected chi connectivity index (χ0v) is 6.92. The van der Waals surface area contributed by atoms with Crippen molar-refractivity contribution in [3.63, 3.8) is 0 Å². The fourth-order valence-electron chi connectivity index (χ4n) is 0.431. The summed E-state index contributed by atoms with van der Waals surface area (Å²) in [6, 6.07) is 0. The minimum Gasteiger partial charge on any atom is -0.477 e. The number of aromatic nitrogens is 2. The maximum Gasteiger partial charge on any atom is 0.232 e. The van der Waals surface area contributed by atoms with Crippen LogP contribution in [0.3, 0.4) is 0 Å². The van der Waals surface area contributed by atoms with E-state index in [4.69, 9.17) is 9.60 Å². The average molecular weight is 224 g/mol. The smallest absolute Gasteiger partial charge is 0.232 e. The monoisotopic (exact) mass is 223 g/mol. The number of ether oxygens (including phenoxy) is 1. The van der Waals surface area contributed by atoms with Gasteiger partial charge in [0.05, 0.1) is 21.7 Å². The molecule has 0 bridgehead atoms. The minimum atomic E-state index is -3.19. The van der Waals surface area contributed by atoms with E-state index in [-0.39, 0.29) is 5.88 Å². The molecule has 0 unspecified atom stereocenters. The molecule has 0 N–H and O–H groups in total. The van der Waals surface area contributed by atoms with Crippen molar-refractivity contribution >= 4 is 15.9 Å². The van der Waals surface area contributed by atoms with Crippen LogP contribution in [0.1, 0.15) is 22.8 Å². The van der Waals surface area contributed by atoms with E-state index in [2.05, 4.69) is 30.6 Å². The van der Waals surface area contributed by atoms with E-state index in [0.717, 1.165) is 6.20 Å². The van der Waals surface area contributed by atoms with Crippen LogP contribution in [0.15, 0.2) is 17.0 Å². The minimum absolute atomic E-state index is 0.309. The third kappa shape index (κ3) is 2.84. The van der Waals surface area contributed by atoms with Gasteiger partial charge in [-0.2, -0.15) is 0 Å². The van der Waals surface area contributed by atoms with Gasteiger partial charge < -0.3 is 4.74 Å². The van der Waals surface area contributed by atoms with Crippen molar-refractivity contribution in [1.82, 2.24) is 9.97 Å². The van der Waals surface area contributed by atoms with Crippen LogP contribution in [0.2, 0.25) is 0 Å². The van der Waals surface area contributed by atoms with Gasteiger partial charge in [-0.1, -0.05) is 6.85 Å². The van der Waals surface area contributed by atoms with Gasteiger partial charge in [0.15, 0.2) is 0 Å². The Labute approximate surface area is 83.8 Å². The molecule has 1 rings (SSSR count). The largest absolute Gasteiger partial charge is 0.477 e. The first kappa shape index (κ1) is 3.01. The first-order valence-corrected chi connectivity index (χ1v) is 3.43. The van der Waals surface area contributed by atoms with Gasteiger partial charge in [-0.25, -0.2) is 9.97 Å². The quantitative estimate of drug-likeness (QED) is 0.787. The highest BCUT2D eigenvalue weighted by Gasteiger charge is 1.93. The molecule has 3 nitrogen and oxygen atoms in total. The molecule has 0 spiro atoms. The number of rotatable bonds is 3. The van der Waals surface area contributed by atoms with Crippen LogP contribution in [0, 0.1) is 0 Å². The Kier molecular flexibility index (Phi) is 1.17. The molecule has 0 fully saturated rings. The first-order chi connectivity index (χ1) is 7.97. The van der Waals surface area contributed by atoms with Gasteiger partial charge in [0.25, 0.3) is 0 Å². The summed E-state index contributed by atoms with van der Waals surface area (Å²) in [5.41, 5.74) is 0. The van der Waals surface area contributed by atoms with Crippen molar-refractivity contribution in [1.29, 1.82) is 0 Å². The summed E-state index contributed by atoms with van der Waals surface area (Å²) in [6.07, 6.45) is -0.914. The van der Waals surface area contributed by atoms with Crippen molar-refractivity contribution < 1.29 is 14.3 Å². The molecule has 0 aromatic carbocycles. The lowest BCUT2D eigenvalue weighted by molar-refractivity contribution is 0.303. The van der Waals surface area contributed by atoms with Gasteiger partial charge in [-0.3, -0.25) is 0 Å². The van der Waals surface area contributed by atoms with Crippen molar-refractivity contribution in [2.45, 2.75) is 13.2 Å². The fraction of sp³-hybridized carbons (Fsp3) is 0.429. The van der Waals surface area contributed by atoms with Gasteiger partial charge in [-0.05, 0) is 22.3 Å². The third-order valence-electron chi connectivity index (χ3n) is 0.803. The van der Waals surface area contributed by atoms with Crippen molar-refractivity contribution in [2.24, 2.45) is 0 Å². The van der Waals surface area contributed by atoms with E-state index in [1.54, 1.807) is 0 Å². The second-order valence-electron chi connectivity index (χ2n) is 1.51. The van der Waals surface area contributed by atoms with Crippen molar-refractivity contribution in [3.8, 4) is 5.88 Å². The van der Waals surface area contributed by atoms with Crippen LogP contribution >= 0.6 is 15.9 Å². The summed E-state index contributed by atoms with van der Waals surface area (Å²) in [6.45, 7) is -6.24. The molecule has 0 aliphatic heterocycles. The van der Waals surface area contributed by atoms with Crippen LogP contribution in [-0.4, -0.2) is 16.5 Å².